The van der Waals surface area contributed by atoms with E-state index in [0.717, 1.165) is 12.2 Å². The Hall–Kier alpha value is 0.310. The molecule has 2 fully saturated rings. The molecule has 0 radical (unpaired) electrons. The third-order valence-corrected chi connectivity index (χ3v) is 4.84. The van der Waals surface area contributed by atoms with Crippen LogP contribution in [0.2, 0.25) is 0 Å². The predicted octanol–water partition coefficient (Wildman–Crippen LogP) is 2.82. The fourth-order valence-corrected chi connectivity index (χ4v) is 4.08. The van der Waals surface area contributed by atoms with Gasteiger partial charge in [0.2, 0.25) is 0 Å². The second-order valence-electron chi connectivity index (χ2n) is 4.59. The largest absolute Gasteiger partial charge is 0.389 e. The molecule has 1 saturated heterocycles. The lowest BCUT2D eigenvalue weighted by Crippen LogP contribution is -2.37. The molecule has 2 rings (SSSR count). The molecule has 1 aliphatic carbocycles. The van der Waals surface area contributed by atoms with Crippen LogP contribution in [-0.4, -0.2) is 22.2 Å². The SMILES string of the molecule is OC1(C2CCCCCC2)CCSC1. The Kier molecular flexibility index (Phi) is 3.20. The van der Waals surface area contributed by atoms with Gasteiger partial charge in [0.05, 0.1) is 5.60 Å². The maximum atomic E-state index is 10.4. The van der Waals surface area contributed by atoms with E-state index in [1.165, 1.54) is 44.3 Å². The Morgan fingerprint density at radius 1 is 1.08 bits per heavy atom. The zero-order valence-corrected chi connectivity index (χ0v) is 9.11. The summed E-state index contributed by atoms with van der Waals surface area (Å²) in [5.41, 5.74) is -0.283. The first kappa shape index (κ1) is 9.85. The van der Waals surface area contributed by atoms with Crippen molar-refractivity contribution in [2.75, 3.05) is 11.5 Å². The molecule has 1 heterocycles. The smallest absolute Gasteiger partial charge is 0.0773 e. The zero-order chi connectivity index (χ0) is 9.15. The summed E-state index contributed by atoms with van der Waals surface area (Å²) in [6.07, 6.45) is 9.06. The van der Waals surface area contributed by atoms with Crippen molar-refractivity contribution in [3.63, 3.8) is 0 Å². The summed E-state index contributed by atoms with van der Waals surface area (Å²) >= 11 is 1.93. The molecule has 1 N–H and O–H groups in total. The molecule has 1 saturated carbocycles. The van der Waals surface area contributed by atoms with Crippen LogP contribution in [0.5, 0.6) is 0 Å². The Labute approximate surface area is 85.3 Å². The van der Waals surface area contributed by atoms with Gasteiger partial charge in [0.25, 0.3) is 0 Å². The summed E-state index contributed by atoms with van der Waals surface area (Å²) in [4.78, 5) is 0. The van der Waals surface area contributed by atoms with Gasteiger partial charge in [0.15, 0.2) is 0 Å². The Bertz CT molecular complexity index is 155. The summed E-state index contributed by atoms with van der Waals surface area (Å²) in [5, 5.41) is 10.4. The van der Waals surface area contributed by atoms with Gasteiger partial charge in [-0.25, -0.2) is 0 Å². The van der Waals surface area contributed by atoms with Crippen LogP contribution in [0.4, 0.5) is 0 Å². The summed E-state index contributed by atoms with van der Waals surface area (Å²) < 4.78 is 0. The molecule has 2 heteroatoms. The Morgan fingerprint density at radius 3 is 2.31 bits per heavy atom. The minimum atomic E-state index is -0.283. The molecular weight excluding hydrogens is 180 g/mol. The molecule has 0 spiro atoms. The van der Waals surface area contributed by atoms with Crippen molar-refractivity contribution >= 4 is 11.8 Å². The Balaban J connectivity index is 1.96. The average Bonchev–Trinajstić information content (AvgIpc) is 2.44. The molecule has 13 heavy (non-hydrogen) atoms. The molecule has 0 aromatic heterocycles. The molecule has 2 aliphatic rings. The summed E-state index contributed by atoms with van der Waals surface area (Å²) in [6.45, 7) is 0. The van der Waals surface area contributed by atoms with Crippen LogP contribution in [0, 0.1) is 5.92 Å². The molecule has 0 aromatic carbocycles. The fraction of sp³-hybridized carbons (Fsp3) is 1.00. The number of aliphatic hydroxyl groups is 1. The lowest BCUT2D eigenvalue weighted by molar-refractivity contribution is -0.0000843. The fourth-order valence-electron chi connectivity index (χ4n) is 2.71. The van der Waals surface area contributed by atoms with E-state index in [0.29, 0.717) is 5.92 Å². The first-order valence-electron chi connectivity index (χ1n) is 5.61. The van der Waals surface area contributed by atoms with Crippen LogP contribution in [0.15, 0.2) is 0 Å². The van der Waals surface area contributed by atoms with Crippen LogP contribution >= 0.6 is 11.8 Å². The molecule has 0 bridgehead atoms. The molecule has 1 atom stereocenters. The topological polar surface area (TPSA) is 20.2 Å². The highest BCUT2D eigenvalue weighted by Crippen LogP contribution is 2.40. The highest BCUT2D eigenvalue weighted by molar-refractivity contribution is 7.99. The van der Waals surface area contributed by atoms with E-state index in [1.54, 1.807) is 0 Å². The average molecular weight is 200 g/mol. The molecule has 0 amide bonds. The van der Waals surface area contributed by atoms with Gasteiger partial charge in [-0.05, 0) is 30.9 Å². The molecule has 1 nitrogen and oxygen atoms in total. The van der Waals surface area contributed by atoms with E-state index in [1.807, 2.05) is 11.8 Å². The van der Waals surface area contributed by atoms with Crippen LogP contribution in [-0.2, 0) is 0 Å². The van der Waals surface area contributed by atoms with E-state index in [2.05, 4.69) is 0 Å². The molecule has 76 valence electrons. The molecular formula is C11H20OS. The minimum Gasteiger partial charge on any atom is -0.389 e. The summed E-state index contributed by atoms with van der Waals surface area (Å²) in [6, 6.07) is 0. The van der Waals surface area contributed by atoms with E-state index in [9.17, 15) is 5.11 Å². The monoisotopic (exact) mass is 200 g/mol. The van der Waals surface area contributed by atoms with Crippen molar-refractivity contribution in [3.05, 3.63) is 0 Å². The van der Waals surface area contributed by atoms with Gasteiger partial charge < -0.3 is 5.11 Å². The molecule has 1 unspecified atom stereocenters. The number of hydrogen-bond donors (Lipinski definition) is 1. The van der Waals surface area contributed by atoms with E-state index in [4.69, 9.17) is 0 Å². The zero-order valence-electron chi connectivity index (χ0n) is 8.30. The van der Waals surface area contributed by atoms with Crippen molar-refractivity contribution in [2.45, 2.75) is 50.5 Å². The Morgan fingerprint density at radius 2 is 1.77 bits per heavy atom. The minimum absolute atomic E-state index is 0.283. The van der Waals surface area contributed by atoms with Crippen LogP contribution < -0.4 is 0 Å². The summed E-state index contributed by atoms with van der Waals surface area (Å²) in [5.74, 6) is 2.79. The standard InChI is InChI=1S/C11H20OS/c12-11(7-8-13-9-11)10-5-3-1-2-4-6-10/h10,12H,1-9H2. The third-order valence-electron chi connectivity index (χ3n) is 3.65. The van der Waals surface area contributed by atoms with Crippen LogP contribution in [0.3, 0.4) is 0 Å². The van der Waals surface area contributed by atoms with E-state index >= 15 is 0 Å². The molecule has 1 aliphatic heterocycles. The van der Waals surface area contributed by atoms with Gasteiger partial charge in [0.1, 0.15) is 0 Å². The third kappa shape index (κ3) is 2.21. The van der Waals surface area contributed by atoms with E-state index in [-0.39, 0.29) is 5.60 Å². The number of thioether (sulfide) groups is 1. The van der Waals surface area contributed by atoms with Crippen molar-refractivity contribution in [1.82, 2.24) is 0 Å². The van der Waals surface area contributed by atoms with Crippen molar-refractivity contribution in [2.24, 2.45) is 5.92 Å². The highest BCUT2D eigenvalue weighted by Gasteiger charge is 2.39. The second-order valence-corrected chi connectivity index (χ2v) is 5.70. The van der Waals surface area contributed by atoms with Crippen molar-refractivity contribution in [3.8, 4) is 0 Å². The lowest BCUT2D eigenvalue weighted by atomic mass is 9.82. The first-order valence-corrected chi connectivity index (χ1v) is 6.77. The van der Waals surface area contributed by atoms with Crippen molar-refractivity contribution in [1.29, 1.82) is 0 Å². The lowest BCUT2D eigenvalue weighted by Gasteiger charge is -2.31. The van der Waals surface area contributed by atoms with Gasteiger partial charge in [0, 0.05) is 5.75 Å². The molecule has 0 aromatic rings. The number of hydrogen-bond acceptors (Lipinski definition) is 2. The normalized spacial score (nSPS) is 37.6. The van der Waals surface area contributed by atoms with E-state index < -0.39 is 0 Å². The first-order chi connectivity index (χ1) is 6.31. The second kappa shape index (κ2) is 4.22. The maximum absolute atomic E-state index is 10.4. The highest BCUT2D eigenvalue weighted by atomic mass is 32.2. The van der Waals surface area contributed by atoms with Gasteiger partial charge in [-0.3, -0.25) is 0 Å². The van der Waals surface area contributed by atoms with Gasteiger partial charge >= 0.3 is 0 Å². The van der Waals surface area contributed by atoms with Gasteiger partial charge in [-0.2, -0.15) is 11.8 Å². The van der Waals surface area contributed by atoms with Crippen molar-refractivity contribution < 1.29 is 5.11 Å². The van der Waals surface area contributed by atoms with Gasteiger partial charge in [-0.1, -0.05) is 25.7 Å². The predicted molar refractivity (Wildman–Crippen MR) is 58.1 cm³/mol. The maximum Gasteiger partial charge on any atom is 0.0773 e. The van der Waals surface area contributed by atoms with Gasteiger partial charge in [-0.15, -0.1) is 0 Å². The van der Waals surface area contributed by atoms with Crippen LogP contribution in [0.25, 0.3) is 0 Å². The van der Waals surface area contributed by atoms with Crippen LogP contribution in [0.1, 0.15) is 44.9 Å². The summed E-state index contributed by atoms with van der Waals surface area (Å²) in [7, 11) is 0. The number of rotatable bonds is 1. The quantitative estimate of drug-likeness (QED) is 0.657.